The number of rotatable bonds is 5. The zero-order valence-corrected chi connectivity index (χ0v) is 20.6. The molecule has 4 aromatic rings. The molecule has 0 aromatic heterocycles. The Morgan fingerprint density at radius 2 is 1.54 bits per heavy atom. The van der Waals surface area contributed by atoms with Crippen LogP contribution in [0.4, 0.5) is 4.39 Å². The van der Waals surface area contributed by atoms with E-state index in [1.807, 2.05) is 80.6 Å². The van der Waals surface area contributed by atoms with Gasteiger partial charge in [-0.25, -0.2) is 4.39 Å². The molecule has 4 nitrogen and oxygen atoms in total. The molecule has 0 saturated heterocycles. The summed E-state index contributed by atoms with van der Waals surface area (Å²) in [6.07, 6.45) is 0.1000. The summed E-state index contributed by atoms with van der Waals surface area (Å²) in [5.74, 6) is 0.124. The summed E-state index contributed by atoms with van der Waals surface area (Å²) in [6, 6.07) is 31.4. The summed E-state index contributed by atoms with van der Waals surface area (Å²) in [5, 5.41) is 19.3. The second-order valence-corrected chi connectivity index (χ2v) is 9.48. The first-order valence-electron chi connectivity index (χ1n) is 12.0. The maximum absolute atomic E-state index is 15.4. The number of halogens is 1. The number of fused-ring (bicyclic) bond motifs is 3. The minimum atomic E-state index is -0.801. The summed E-state index contributed by atoms with van der Waals surface area (Å²) < 4.78 is 21.7. The molecule has 0 fully saturated rings. The highest BCUT2D eigenvalue weighted by Gasteiger charge is 2.34. The lowest BCUT2D eigenvalue weighted by Gasteiger charge is -2.35. The van der Waals surface area contributed by atoms with Crippen molar-refractivity contribution in [2.45, 2.75) is 31.9 Å². The average Bonchev–Trinajstić information content (AvgIpc) is 2.92. The normalized spacial score (nSPS) is 13.6. The third-order valence-corrected chi connectivity index (χ3v) is 6.54. The van der Waals surface area contributed by atoms with Gasteiger partial charge in [0.15, 0.2) is 0 Å². The lowest BCUT2D eigenvalue weighted by atomic mass is 9.84. The zero-order chi connectivity index (χ0) is 26.0. The molecule has 0 N–H and O–H groups in total. The second kappa shape index (κ2) is 9.72. The van der Waals surface area contributed by atoms with E-state index in [1.54, 1.807) is 18.2 Å². The molecule has 4 aromatic carbocycles. The van der Waals surface area contributed by atoms with Crippen LogP contribution in [0.5, 0.6) is 5.75 Å². The molecule has 0 saturated carbocycles. The van der Waals surface area contributed by atoms with Crippen LogP contribution in [0.25, 0.3) is 11.1 Å². The zero-order valence-electron chi connectivity index (χ0n) is 20.6. The van der Waals surface area contributed by atoms with Crippen LogP contribution in [0.15, 0.2) is 96.0 Å². The van der Waals surface area contributed by atoms with Crippen LogP contribution in [-0.2, 0) is 12.0 Å². The highest BCUT2D eigenvalue weighted by molar-refractivity contribution is 6.13. The molecule has 1 aliphatic heterocycles. The molecule has 37 heavy (non-hydrogen) atoms. The molecule has 1 aliphatic rings. The van der Waals surface area contributed by atoms with Gasteiger partial charge < -0.3 is 4.74 Å². The van der Waals surface area contributed by atoms with E-state index in [1.165, 1.54) is 6.07 Å². The molecule has 5 heteroatoms. The summed E-state index contributed by atoms with van der Waals surface area (Å²) in [5.41, 5.74) is 4.95. The lowest BCUT2D eigenvalue weighted by Crippen LogP contribution is -2.29. The van der Waals surface area contributed by atoms with E-state index in [0.717, 1.165) is 22.3 Å². The molecule has 0 radical (unpaired) electrons. The quantitative estimate of drug-likeness (QED) is 0.287. The van der Waals surface area contributed by atoms with E-state index >= 15 is 4.39 Å². The van der Waals surface area contributed by atoms with Gasteiger partial charge in [0.1, 0.15) is 23.2 Å². The smallest absolute Gasteiger partial charge is 0.141 e. The van der Waals surface area contributed by atoms with Gasteiger partial charge in [0.25, 0.3) is 0 Å². The first-order valence-corrected chi connectivity index (χ1v) is 12.0. The van der Waals surface area contributed by atoms with Gasteiger partial charge in [0, 0.05) is 28.7 Å². The third-order valence-electron chi connectivity index (χ3n) is 6.54. The maximum Gasteiger partial charge on any atom is 0.141 e. The van der Waals surface area contributed by atoms with Crippen molar-refractivity contribution in [2.24, 2.45) is 4.99 Å². The Morgan fingerprint density at radius 3 is 2.14 bits per heavy atom. The van der Waals surface area contributed by atoms with E-state index in [2.05, 4.69) is 12.1 Å². The minimum absolute atomic E-state index is 0.1000. The van der Waals surface area contributed by atoms with Gasteiger partial charge in [-0.05, 0) is 49.2 Å². The van der Waals surface area contributed by atoms with Crippen molar-refractivity contribution in [1.29, 1.82) is 10.5 Å². The number of aliphatic imine (C=N–C) groups is 1. The Hall–Kier alpha value is -4.74. The number of nitriles is 2. The van der Waals surface area contributed by atoms with Gasteiger partial charge in [-0.2, -0.15) is 10.5 Å². The molecule has 180 valence electrons. The Bertz CT molecular complexity index is 1540. The predicted octanol–water partition coefficient (Wildman–Crippen LogP) is 6.96. The Kier molecular flexibility index (Phi) is 6.30. The van der Waals surface area contributed by atoms with Crippen molar-refractivity contribution >= 4 is 5.71 Å². The van der Waals surface area contributed by atoms with Gasteiger partial charge in [-0.1, -0.05) is 66.7 Å². The van der Waals surface area contributed by atoms with Crippen LogP contribution in [0.1, 0.15) is 41.7 Å². The Labute approximate surface area is 215 Å². The fraction of sp³-hybridized carbons (Fsp3) is 0.156. The van der Waals surface area contributed by atoms with E-state index in [-0.39, 0.29) is 6.42 Å². The van der Waals surface area contributed by atoms with Gasteiger partial charge in [-0.3, -0.25) is 4.99 Å². The van der Waals surface area contributed by atoms with Gasteiger partial charge in [0.05, 0.1) is 23.4 Å². The summed E-state index contributed by atoms with van der Waals surface area (Å²) in [7, 11) is 0. The number of benzene rings is 4. The van der Waals surface area contributed by atoms with Crippen molar-refractivity contribution in [3.05, 3.63) is 125 Å². The van der Waals surface area contributed by atoms with E-state index in [0.29, 0.717) is 28.2 Å². The second-order valence-electron chi connectivity index (χ2n) is 9.48. The molecule has 1 heterocycles. The van der Waals surface area contributed by atoms with Crippen LogP contribution < -0.4 is 4.74 Å². The highest BCUT2D eigenvalue weighted by Crippen LogP contribution is 2.46. The van der Waals surface area contributed by atoms with Crippen molar-refractivity contribution in [3.63, 3.8) is 0 Å². The molecule has 0 bridgehead atoms. The largest absolute Gasteiger partial charge is 0.482 e. The third kappa shape index (κ3) is 4.73. The van der Waals surface area contributed by atoms with E-state index < -0.39 is 17.5 Å². The molecular weight excluding hydrogens is 461 g/mol. The van der Waals surface area contributed by atoms with Crippen molar-refractivity contribution < 1.29 is 9.13 Å². The number of hydrogen-bond donors (Lipinski definition) is 0. The number of hydrogen-bond acceptors (Lipinski definition) is 4. The van der Waals surface area contributed by atoms with Crippen LogP contribution in [-0.4, -0.2) is 11.8 Å². The van der Waals surface area contributed by atoms with Gasteiger partial charge >= 0.3 is 0 Å². The van der Waals surface area contributed by atoms with Crippen molar-refractivity contribution in [3.8, 4) is 29.0 Å². The van der Waals surface area contributed by atoms with E-state index in [4.69, 9.17) is 9.73 Å². The van der Waals surface area contributed by atoms with Crippen LogP contribution in [0.3, 0.4) is 0 Å². The van der Waals surface area contributed by atoms with Crippen LogP contribution >= 0.6 is 0 Å². The molecule has 0 amide bonds. The highest BCUT2D eigenvalue weighted by atomic mass is 19.1. The Balaban J connectivity index is 1.54. The van der Waals surface area contributed by atoms with Crippen LogP contribution in [0, 0.1) is 28.5 Å². The molecule has 1 atom stereocenters. The molecule has 1 unspecified atom stereocenters. The lowest BCUT2D eigenvalue weighted by molar-refractivity contribution is 0.105. The topological polar surface area (TPSA) is 69.2 Å². The maximum atomic E-state index is 15.4. The fourth-order valence-electron chi connectivity index (χ4n) is 4.72. The number of ether oxygens (including phenoxy) is 1. The first-order chi connectivity index (χ1) is 17.9. The summed E-state index contributed by atoms with van der Waals surface area (Å²) in [4.78, 5) is 4.78. The fourth-order valence-corrected chi connectivity index (χ4v) is 4.72. The minimum Gasteiger partial charge on any atom is -0.482 e. The summed E-state index contributed by atoms with van der Waals surface area (Å²) >= 11 is 0. The van der Waals surface area contributed by atoms with Crippen LogP contribution in [0.2, 0.25) is 0 Å². The van der Waals surface area contributed by atoms with Gasteiger partial charge in [-0.15, -0.1) is 0 Å². The molecular formula is C32H24FN3O. The predicted molar refractivity (Wildman–Crippen MR) is 142 cm³/mol. The summed E-state index contributed by atoms with van der Waals surface area (Å²) in [6.45, 7) is 3.85. The number of nitrogens with zero attached hydrogens (tertiary/aromatic N) is 3. The van der Waals surface area contributed by atoms with Crippen molar-refractivity contribution in [2.75, 3.05) is 0 Å². The van der Waals surface area contributed by atoms with E-state index in [9.17, 15) is 10.5 Å². The standard InChI is InChI=1S/C32H24FN3O/c1-32(2)28-15-21(19-34)13-14-26(28)27-18-29(33)24(17-30(27)37-32)16-25(20-35)36-31(22-9-5-3-6-10-22)23-11-7-4-8-12-23/h3-15,17-18,25H,16H2,1-2H3. The molecule has 0 spiro atoms. The monoisotopic (exact) mass is 485 g/mol. The molecule has 0 aliphatic carbocycles. The SMILES string of the molecule is CC1(C)Oc2cc(CC(C#N)N=C(c3ccccc3)c3ccccc3)c(F)cc2-c2ccc(C#N)cc21. The van der Waals surface area contributed by atoms with Crippen molar-refractivity contribution in [1.82, 2.24) is 0 Å². The average molecular weight is 486 g/mol. The first kappa shape index (κ1) is 24.0. The van der Waals surface area contributed by atoms with Gasteiger partial charge in [0.2, 0.25) is 0 Å². The molecule has 5 rings (SSSR count). The Morgan fingerprint density at radius 1 is 0.892 bits per heavy atom.